The smallest absolute Gasteiger partial charge is 0.136 e. The lowest BCUT2D eigenvalue weighted by Gasteiger charge is -2.34. The van der Waals surface area contributed by atoms with Gasteiger partial charge in [0.15, 0.2) is 0 Å². The molecule has 5 nitrogen and oxygen atoms in total. The van der Waals surface area contributed by atoms with Gasteiger partial charge in [-0.1, -0.05) is 17.7 Å². The molecule has 0 aliphatic carbocycles. The van der Waals surface area contributed by atoms with E-state index in [4.69, 9.17) is 26.1 Å². The second kappa shape index (κ2) is 9.84. The Morgan fingerprint density at radius 3 is 2.64 bits per heavy atom. The molecule has 0 atom stereocenters. The summed E-state index contributed by atoms with van der Waals surface area (Å²) < 4.78 is 14.0. The molecule has 1 fully saturated rings. The first kappa shape index (κ1) is 22.4. The zero-order valence-electron chi connectivity index (χ0n) is 19.0. The third kappa shape index (κ3) is 5.24. The molecule has 0 spiro atoms. The molecule has 33 heavy (non-hydrogen) atoms. The Hall–Kier alpha value is -2.41. The van der Waals surface area contributed by atoms with Gasteiger partial charge in [0.25, 0.3) is 0 Å². The number of rotatable bonds is 6. The molecule has 0 bridgehead atoms. The molecule has 0 unspecified atom stereocenters. The largest absolute Gasteiger partial charge is 0.493 e. The van der Waals surface area contributed by atoms with Crippen LogP contribution >= 0.6 is 23.5 Å². The van der Waals surface area contributed by atoms with E-state index >= 15 is 0 Å². The summed E-state index contributed by atoms with van der Waals surface area (Å²) in [6.07, 6.45) is 5.06. The molecule has 2 aliphatic heterocycles. The van der Waals surface area contributed by atoms with E-state index in [-0.39, 0.29) is 6.10 Å². The second-order valence-corrected chi connectivity index (χ2v) is 10.4. The summed E-state index contributed by atoms with van der Waals surface area (Å²) in [5, 5.41) is 0.727. The highest BCUT2D eigenvalue weighted by Gasteiger charge is 2.25. The molecule has 0 radical (unpaired) electrons. The number of halogens is 1. The lowest BCUT2D eigenvalue weighted by atomic mass is 10.0. The summed E-state index contributed by atoms with van der Waals surface area (Å²) in [6, 6.07) is 16.4. The van der Waals surface area contributed by atoms with E-state index in [2.05, 4.69) is 47.6 Å². The van der Waals surface area contributed by atoms with Crippen LogP contribution in [0.1, 0.15) is 18.4 Å². The number of benzene rings is 2. The van der Waals surface area contributed by atoms with Crippen molar-refractivity contribution in [2.45, 2.75) is 30.3 Å². The number of pyridine rings is 1. The van der Waals surface area contributed by atoms with Crippen molar-refractivity contribution < 1.29 is 9.47 Å². The first-order chi connectivity index (χ1) is 16.0. The van der Waals surface area contributed by atoms with Crippen molar-refractivity contribution in [1.29, 1.82) is 0 Å². The van der Waals surface area contributed by atoms with Crippen LogP contribution in [0.4, 0.5) is 5.82 Å². The summed E-state index contributed by atoms with van der Waals surface area (Å²) in [5.74, 6) is 2.93. The lowest BCUT2D eigenvalue weighted by molar-refractivity contribution is 0.171. The summed E-state index contributed by atoms with van der Waals surface area (Å²) >= 11 is 7.69. The number of ether oxygens (including phenoxy) is 2. The van der Waals surface area contributed by atoms with Gasteiger partial charge in [-0.3, -0.25) is 4.31 Å². The monoisotopic (exact) mass is 481 g/mol. The van der Waals surface area contributed by atoms with E-state index in [0.717, 1.165) is 66.2 Å². The van der Waals surface area contributed by atoms with Crippen molar-refractivity contribution >= 4 is 29.4 Å². The Bertz CT molecular complexity index is 1120. The van der Waals surface area contributed by atoms with Gasteiger partial charge >= 0.3 is 0 Å². The topological polar surface area (TPSA) is 37.8 Å². The summed E-state index contributed by atoms with van der Waals surface area (Å²) in [7, 11) is 4.10. The SMILES string of the molecule is CN(C)Sc1cnc(N2CCC(Oc3ccc(Cl)cc3)CC2)c(-c2ccc3c(c2)CCO3)c1. The molecule has 3 heterocycles. The minimum Gasteiger partial charge on any atom is -0.493 e. The van der Waals surface area contributed by atoms with Crippen molar-refractivity contribution in [1.82, 2.24) is 9.29 Å². The van der Waals surface area contributed by atoms with E-state index in [1.54, 1.807) is 11.9 Å². The Balaban J connectivity index is 1.37. The fraction of sp³-hybridized carbons (Fsp3) is 0.346. The number of piperidine rings is 1. The molecule has 1 aromatic heterocycles. The number of aromatic nitrogens is 1. The van der Waals surface area contributed by atoms with Crippen LogP contribution in [0.5, 0.6) is 11.5 Å². The van der Waals surface area contributed by atoms with Gasteiger partial charge in [-0.2, -0.15) is 0 Å². The predicted octanol–water partition coefficient (Wildman–Crippen LogP) is 5.95. The standard InChI is InChI=1S/C26H28ClN3O2S/c1-29(2)33-23-16-24(18-3-8-25-19(15-18)11-14-31-25)26(28-17-23)30-12-9-22(10-13-30)32-21-6-4-20(27)5-7-21/h3-8,15-17,22H,9-14H2,1-2H3. The molecule has 0 saturated carbocycles. The number of hydrogen-bond acceptors (Lipinski definition) is 6. The minimum absolute atomic E-state index is 0.201. The molecule has 2 aromatic carbocycles. The Labute approximate surface area is 204 Å². The third-order valence-corrected chi connectivity index (χ3v) is 7.04. The summed E-state index contributed by atoms with van der Waals surface area (Å²) in [6.45, 7) is 2.58. The molecule has 2 aliphatic rings. The number of anilines is 1. The molecule has 0 N–H and O–H groups in total. The molecule has 5 rings (SSSR count). The van der Waals surface area contributed by atoms with Gasteiger partial charge in [0.2, 0.25) is 0 Å². The highest BCUT2D eigenvalue weighted by Crippen LogP contribution is 2.37. The first-order valence-corrected chi connectivity index (χ1v) is 12.5. The van der Waals surface area contributed by atoms with Crippen LogP contribution in [0.3, 0.4) is 0 Å². The summed E-state index contributed by atoms with van der Waals surface area (Å²) in [5.41, 5.74) is 3.65. The van der Waals surface area contributed by atoms with E-state index in [0.29, 0.717) is 0 Å². The molecule has 1 saturated heterocycles. The average molecular weight is 482 g/mol. The van der Waals surface area contributed by atoms with E-state index in [1.165, 1.54) is 16.7 Å². The Kier molecular flexibility index (Phi) is 6.67. The van der Waals surface area contributed by atoms with E-state index < -0.39 is 0 Å². The van der Waals surface area contributed by atoms with Crippen LogP contribution in [0.15, 0.2) is 59.6 Å². The first-order valence-electron chi connectivity index (χ1n) is 11.3. The van der Waals surface area contributed by atoms with Crippen molar-refractivity contribution in [3.05, 3.63) is 65.3 Å². The second-order valence-electron chi connectivity index (χ2n) is 8.62. The maximum absolute atomic E-state index is 6.19. The van der Waals surface area contributed by atoms with Crippen molar-refractivity contribution in [2.24, 2.45) is 0 Å². The average Bonchev–Trinajstić information content (AvgIpc) is 3.29. The van der Waals surface area contributed by atoms with Gasteiger partial charge < -0.3 is 14.4 Å². The predicted molar refractivity (Wildman–Crippen MR) is 136 cm³/mol. The molecular formula is C26H28ClN3O2S. The molecule has 0 amide bonds. The zero-order valence-corrected chi connectivity index (χ0v) is 20.5. The molecule has 7 heteroatoms. The maximum Gasteiger partial charge on any atom is 0.136 e. The summed E-state index contributed by atoms with van der Waals surface area (Å²) in [4.78, 5) is 8.47. The minimum atomic E-state index is 0.201. The third-order valence-electron chi connectivity index (χ3n) is 5.99. The number of fused-ring (bicyclic) bond motifs is 1. The quantitative estimate of drug-likeness (QED) is 0.405. The van der Waals surface area contributed by atoms with Crippen LogP contribution in [0, 0.1) is 0 Å². The van der Waals surface area contributed by atoms with Gasteiger partial charge in [-0.15, -0.1) is 0 Å². The fourth-order valence-electron chi connectivity index (χ4n) is 4.41. The van der Waals surface area contributed by atoms with E-state index in [9.17, 15) is 0 Å². The lowest BCUT2D eigenvalue weighted by Crippen LogP contribution is -2.39. The van der Waals surface area contributed by atoms with Gasteiger partial charge in [0, 0.05) is 54.0 Å². The molecule has 172 valence electrons. The zero-order chi connectivity index (χ0) is 22.8. The number of hydrogen-bond donors (Lipinski definition) is 0. The van der Waals surface area contributed by atoms with Gasteiger partial charge in [0.1, 0.15) is 23.4 Å². The normalized spacial score (nSPS) is 16.1. The van der Waals surface area contributed by atoms with Crippen LogP contribution in [-0.2, 0) is 6.42 Å². The van der Waals surface area contributed by atoms with Crippen molar-refractivity contribution in [3.63, 3.8) is 0 Å². The Morgan fingerprint density at radius 1 is 1.09 bits per heavy atom. The van der Waals surface area contributed by atoms with Gasteiger partial charge in [0.05, 0.1) is 6.61 Å². The molecular weight excluding hydrogens is 454 g/mol. The number of nitrogens with zero attached hydrogens (tertiary/aromatic N) is 3. The highest BCUT2D eigenvalue weighted by molar-refractivity contribution is 7.97. The van der Waals surface area contributed by atoms with Crippen LogP contribution < -0.4 is 14.4 Å². The highest BCUT2D eigenvalue weighted by atomic mass is 35.5. The van der Waals surface area contributed by atoms with Crippen LogP contribution in [0.2, 0.25) is 5.02 Å². The van der Waals surface area contributed by atoms with Gasteiger partial charge in [-0.05, 0) is 79.6 Å². The maximum atomic E-state index is 6.19. The fourth-order valence-corrected chi connectivity index (χ4v) is 5.23. The van der Waals surface area contributed by atoms with Gasteiger partial charge in [-0.25, -0.2) is 4.98 Å². The van der Waals surface area contributed by atoms with Crippen molar-refractivity contribution in [2.75, 3.05) is 38.7 Å². The molecule has 3 aromatic rings. The van der Waals surface area contributed by atoms with E-state index in [1.807, 2.05) is 30.5 Å². The van der Waals surface area contributed by atoms with Crippen molar-refractivity contribution in [3.8, 4) is 22.6 Å². The van der Waals surface area contributed by atoms with Crippen LogP contribution in [0.25, 0.3) is 11.1 Å². The Morgan fingerprint density at radius 2 is 1.88 bits per heavy atom. The van der Waals surface area contributed by atoms with Crippen LogP contribution in [-0.4, -0.2) is 49.2 Å².